The lowest BCUT2D eigenvalue weighted by Gasteiger charge is -2.16. The molecule has 0 aliphatic heterocycles. The second kappa shape index (κ2) is 6.30. The maximum absolute atomic E-state index is 13.0. The number of halogens is 1. The molecule has 3 N–H and O–H groups in total. The molecule has 0 saturated carbocycles. The first kappa shape index (κ1) is 14.2. The molecule has 4 heteroatoms. The quantitative estimate of drug-likeness (QED) is 0.897. The first-order valence-electron chi connectivity index (χ1n) is 6.43. The number of carbonyl (C=O) groups excluding carboxylic acids is 1. The molecule has 20 heavy (non-hydrogen) atoms. The second-order valence-corrected chi connectivity index (χ2v) is 4.54. The van der Waals surface area contributed by atoms with Crippen molar-refractivity contribution in [2.45, 2.75) is 5.92 Å². The van der Waals surface area contributed by atoms with Crippen molar-refractivity contribution in [3.8, 4) is 0 Å². The van der Waals surface area contributed by atoms with Crippen LogP contribution in [0, 0.1) is 5.82 Å². The lowest BCUT2D eigenvalue weighted by molar-refractivity contribution is 0.0963. The molecule has 0 radical (unpaired) electrons. The van der Waals surface area contributed by atoms with E-state index in [1.807, 2.05) is 18.2 Å². The van der Waals surface area contributed by atoms with Crippen molar-refractivity contribution < 1.29 is 9.18 Å². The molecule has 1 unspecified atom stereocenters. The monoisotopic (exact) mass is 272 g/mol. The summed E-state index contributed by atoms with van der Waals surface area (Å²) in [4.78, 5) is 11.7. The first-order valence-corrected chi connectivity index (χ1v) is 6.43. The van der Waals surface area contributed by atoms with Gasteiger partial charge in [-0.05, 0) is 35.4 Å². The van der Waals surface area contributed by atoms with Crippen molar-refractivity contribution in [2.75, 3.05) is 13.6 Å². The van der Waals surface area contributed by atoms with Crippen LogP contribution in [0.3, 0.4) is 0 Å². The molecule has 0 aliphatic rings. The van der Waals surface area contributed by atoms with E-state index in [1.165, 1.54) is 12.1 Å². The summed E-state index contributed by atoms with van der Waals surface area (Å²) in [5.41, 5.74) is 8.31. The molecule has 2 aromatic rings. The Hall–Kier alpha value is -2.20. The SMILES string of the molecule is CNC(=O)c1cccc(C(CN)c2ccc(F)cc2)c1. The number of hydrogen-bond acceptors (Lipinski definition) is 2. The molecule has 1 amide bonds. The third kappa shape index (κ3) is 3.03. The molecule has 0 heterocycles. The fourth-order valence-electron chi connectivity index (χ4n) is 2.20. The van der Waals surface area contributed by atoms with E-state index in [4.69, 9.17) is 5.73 Å². The fourth-order valence-corrected chi connectivity index (χ4v) is 2.20. The molecule has 0 spiro atoms. The summed E-state index contributed by atoms with van der Waals surface area (Å²) in [5.74, 6) is -0.467. The average molecular weight is 272 g/mol. The Morgan fingerprint density at radius 3 is 2.50 bits per heavy atom. The van der Waals surface area contributed by atoms with Gasteiger partial charge in [-0.15, -0.1) is 0 Å². The molecular weight excluding hydrogens is 255 g/mol. The molecular formula is C16H17FN2O. The van der Waals surface area contributed by atoms with Crippen molar-refractivity contribution in [2.24, 2.45) is 5.73 Å². The number of nitrogens with one attached hydrogen (secondary N) is 1. The van der Waals surface area contributed by atoms with Gasteiger partial charge in [-0.2, -0.15) is 0 Å². The number of benzene rings is 2. The Balaban J connectivity index is 2.36. The van der Waals surface area contributed by atoms with Crippen LogP contribution in [-0.4, -0.2) is 19.5 Å². The van der Waals surface area contributed by atoms with Crippen LogP contribution in [0.5, 0.6) is 0 Å². The van der Waals surface area contributed by atoms with E-state index in [0.29, 0.717) is 12.1 Å². The van der Waals surface area contributed by atoms with E-state index < -0.39 is 0 Å². The van der Waals surface area contributed by atoms with Gasteiger partial charge in [0, 0.05) is 25.1 Å². The lowest BCUT2D eigenvalue weighted by atomic mass is 9.90. The smallest absolute Gasteiger partial charge is 0.251 e. The maximum atomic E-state index is 13.0. The Morgan fingerprint density at radius 2 is 1.90 bits per heavy atom. The third-order valence-electron chi connectivity index (χ3n) is 3.29. The van der Waals surface area contributed by atoms with Crippen molar-refractivity contribution >= 4 is 5.91 Å². The highest BCUT2D eigenvalue weighted by molar-refractivity contribution is 5.94. The minimum Gasteiger partial charge on any atom is -0.355 e. The van der Waals surface area contributed by atoms with Gasteiger partial charge in [0.2, 0.25) is 0 Å². The van der Waals surface area contributed by atoms with Gasteiger partial charge in [0.05, 0.1) is 0 Å². The minimum absolute atomic E-state index is 0.0554. The van der Waals surface area contributed by atoms with Gasteiger partial charge < -0.3 is 11.1 Å². The number of amides is 1. The number of hydrogen-bond donors (Lipinski definition) is 2. The summed E-state index contributed by atoms with van der Waals surface area (Å²) >= 11 is 0. The zero-order valence-corrected chi connectivity index (χ0v) is 11.3. The molecule has 0 bridgehead atoms. The number of nitrogens with two attached hydrogens (primary N) is 1. The molecule has 104 valence electrons. The van der Waals surface area contributed by atoms with Crippen molar-refractivity contribution in [3.05, 3.63) is 71.0 Å². The Bertz CT molecular complexity index is 596. The topological polar surface area (TPSA) is 55.1 Å². The van der Waals surface area contributed by atoms with E-state index >= 15 is 0 Å². The summed E-state index contributed by atoms with van der Waals surface area (Å²) in [6.07, 6.45) is 0. The zero-order valence-electron chi connectivity index (χ0n) is 11.3. The van der Waals surface area contributed by atoms with Crippen LogP contribution in [0.15, 0.2) is 48.5 Å². The van der Waals surface area contributed by atoms with Crippen molar-refractivity contribution in [1.29, 1.82) is 0 Å². The van der Waals surface area contributed by atoms with Crippen molar-refractivity contribution in [1.82, 2.24) is 5.32 Å². The molecule has 0 fully saturated rings. The van der Waals surface area contributed by atoms with Crippen LogP contribution in [0.1, 0.15) is 27.4 Å². The van der Waals surface area contributed by atoms with Crippen LogP contribution in [0.2, 0.25) is 0 Å². The molecule has 2 rings (SSSR count). The first-order chi connectivity index (χ1) is 9.65. The largest absolute Gasteiger partial charge is 0.355 e. The van der Waals surface area contributed by atoms with E-state index in [1.54, 1.807) is 25.2 Å². The predicted molar refractivity (Wildman–Crippen MR) is 77.1 cm³/mol. The fraction of sp³-hybridized carbons (Fsp3) is 0.188. The van der Waals surface area contributed by atoms with E-state index in [2.05, 4.69) is 5.32 Å². The van der Waals surface area contributed by atoms with Crippen LogP contribution >= 0.6 is 0 Å². The molecule has 0 aliphatic carbocycles. The summed E-state index contributed by atoms with van der Waals surface area (Å²) in [6, 6.07) is 13.6. The molecule has 1 atom stereocenters. The summed E-state index contributed by atoms with van der Waals surface area (Å²) in [6.45, 7) is 0.392. The molecule has 2 aromatic carbocycles. The van der Waals surface area contributed by atoms with Gasteiger partial charge >= 0.3 is 0 Å². The Labute approximate surface area is 117 Å². The third-order valence-corrected chi connectivity index (χ3v) is 3.29. The average Bonchev–Trinajstić information content (AvgIpc) is 2.49. The second-order valence-electron chi connectivity index (χ2n) is 4.54. The molecule has 3 nitrogen and oxygen atoms in total. The van der Waals surface area contributed by atoms with Gasteiger partial charge in [-0.25, -0.2) is 4.39 Å². The van der Waals surface area contributed by atoms with Crippen LogP contribution in [-0.2, 0) is 0 Å². The van der Waals surface area contributed by atoms with E-state index in [9.17, 15) is 9.18 Å². The van der Waals surface area contributed by atoms with E-state index in [-0.39, 0.29) is 17.6 Å². The van der Waals surface area contributed by atoms with Crippen LogP contribution in [0.25, 0.3) is 0 Å². The zero-order chi connectivity index (χ0) is 14.5. The highest BCUT2D eigenvalue weighted by Gasteiger charge is 2.14. The Morgan fingerprint density at radius 1 is 1.20 bits per heavy atom. The lowest BCUT2D eigenvalue weighted by Crippen LogP contribution is -2.19. The summed E-state index contributed by atoms with van der Waals surface area (Å²) < 4.78 is 13.0. The Kier molecular flexibility index (Phi) is 4.48. The molecule has 0 saturated heterocycles. The summed E-state index contributed by atoms with van der Waals surface area (Å²) in [7, 11) is 1.59. The van der Waals surface area contributed by atoms with Gasteiger partial charge in [-0.1, -0.05) is 24.3 Å². The molecule has 0 aromatic heterocycles. The number of rotatable bonds is 4. The van der Waals surface area contributed by atoms with Crippen molar-refractivity contribution in [3.63, 3.8) is 0 Å². The number of carbonyl (C=O) groups is 1. The van der Waals surface area contributed by atoms with Crippen LogP contribution in [0.4, 0.5) is 4.39 Å². The predicted octanol–water partition coefficient (Wildman–Crippen LogP) is 2.28. The highest BCUT2D eigenvalue weighted by Crippen LogP contribution is 2.24. The van der Waals surface area contributed by atoms with Gasteiger partial charge in [0.25, 0.3) is 5.91 Å². The standard InChI is InChI=1S/C16H17FN2O/c1-19-16(20)13-4-2-3-12(9-13)15(10-18)11-5-7-14(17)8-6-11/h2-9,15H,10,18H2,1H3,(H,19,20). The van der Waals surface area contributed by atoms with Crippen LogP contribution < -0.4 is 11.1 Å². The van der Waals surface area contributed by atoms with Gasteiger partial charge in [0.1, 0.15) is 5.82 Å². The highest BCUT2D eigenvalue weighted by atomic mass is 19.1. The minimum atomic E-state index is -0.274. The maximum Gasteiger partial charge on any atom is 0.251 e. The van der Waals surface area contributed by atoms with Gasteiger partial charge in [-0.3, -0.25) is 4.79 Å². The van der Waals surface area contributed by atoms with Gasteiger partial charge in [0.15, 0.2) is 0 Å². The normalized spacial score (nSPS) is 11.9. The summed E-state index contributed by atoms with van der Waals surface area (Å²) in [5, 5.41) is 2.59. The van der Waals surface area contributed by atoms with E-state index in [0.717, 1.165) is 11.1 Å².